The van der Waals surface area contributed by atoms with Crippen LogP contribution in [0, 0.1) is 23.7 Å². The van der Waals surface area contributed by atoms with E-state index in [0.717, 1.165) is 13.8 Å². The van der Waals surface area contributed by atoms with Crippen LogP contribution in [0.5, 0.6) is 0 Å². The van der Waals surface area contributed by atoms with Gasteiger partial charge in [0.25, 0.3) is 0 Å². The maximum absolute atomic E-state index is 14.5. The Balaban J connectivity index is 3.55. The van der Waals surface area contributed by atoms with Crippen LogP contribution < -0.4 is 108 Å². The number of carboxylic acid groups (broad SMARTS) is 6. The summed E-state index contributed by atoms with van der Waals surface area (Å²) in [5.74, 6) is -32.0. The number of benzene rings is 1. The predicted molar refractivity (Wildman–Crippen MR) is 486 cm³/mol. The number of carboxylic acids is 6. The molecule has 0 fully saturated rings. The van der Waals surface area contributed by atoms with Gasteiger partial charge in [0.05, 0.1) is 44.2 Å². The van der Waals surface area contributed by atoms with E-state index in [2.05, 4.69) is 85.1 Å². The lowest BCUT2D eigenvalue weighted by atomic mass is 9.96. The van der Waals surface area contributed by atoms with Crippen molar-refractivity contribution in [1.29, 1.82) is 0 Å². The van der Waals surface area contributed by atoms with E-state index in [-0.39, 0.29) is 83.2 Å². The van der Waals surface area contributed by atoms with Crippen LogP contribution in [-0.2, 0) is 117 Å². The molecule has 138 heavy (non-hydrogen) atoms. The van der Waals surface area contributed by atoms with E-state index >= 15 is 0 Å². The monoisotopic (exact) mass is 1960 g/mol. The zero-order chi connectivity index (χ0) is 105. The molecule has 0 aliphatic rings. The molecule has 0 bridgehead atoms. The Morgan fingerprint density at radius 2 is 0.594 bits per heavy atom. The first-order chi connectivity index (χ1) is 64.8. The fraction of sp³-hybridized carbons (Fsp3) is 0.663. The third-order valence-electron chi connectivity index (χ3n) is 22.4. The second-order valence-electron chi connectivity index (χ2n) is 33.6. The molecule has 0 aromatic heterocycles. The summed E-state index contributed by atoms with van der Waals surface area (Å²) < 4.78 is 0. The third kappa shape index (κ3) is 45.6. The highest BCUT2D eigenvalue weighted by atomic mass is 16.4. The van der Waals surface area contributed by atoms with Crippen LogP contribution in [0.2, 0.25) is 0 Å². The predicted octanol–water partition coefficient (Wildman–Crippen LogP) is -8.09. The van der Waals surface area contributed by atoms with Crippen LogP contribution in [0.25, 0.3) is 0 Å². The van der Waals surface area contributed by atoms with Crippen LogP contribution in [0.4, 0.5) is 0 Å². The minimum atomic E-state index is -2.16. The molecule has 52 nitrogen and oxygen atoms in total. The van der Waals surface area contributed by atoms with E-state index in [0.29, 0.717) is 12.0 Å². The van der Waals surface area contributed by atoms with Gasteiger partial charge in [-0.15, -0.1) is 0 Å². The maximum Gasteiger partial charge on any atom is 0.322 e. The number of nitrogens with two attached hydrogens (primary N) is 3. The maximum atomic E-state index is 14.5. The highest BCUT2D eigenvalue weighted by Crippen LogP contribution is 2.18. The van der Waals surface area contributed by atoms with Gasteiger partial charge in [0.2, 0.25) is 100 Å². The summed E-state index contributed by atoms with van der Waals surface area (Å²) >= 11 is 0. The number of unbranched alkanes of at least 4 members (excludes halogenated alkanes) is 2. The summed E-state index contributed by atoms with van der Waals surface area (Å²) in [5, 5.41) is 129. The molecule has 776 valence electrons. The lowest BCUT2D eigenvalue weighted by molar-refractivity contribution is -0.142. The Morgan fingerprint density at radius 3 is 0.986 bits per heavy atom. The van der Waals surface area contributed by atoms with Crippen LogP contribution in [0.15, 0.2) is 30.3 Å². The van der Waals surface area contributed by atoms with Gasteiger partial charge in [-0.25, -0.2) is 0 Å². The molecule has 1 aromatic carbocycles. The second kappa shape index (κ2) is 64.0. The van der Waals surface area contributed by atoms with E-state index in [1.165, 1.54) is 39.8 Å². The van der Waals surface area contributed by atoms with Gasteiger partial charge in [0, 0.05) is 25.7 Å². The number of aliphatic hydroxyl groups excluding tert-OH is 3. The van der Waals surface area contributed by atoms with Crippen molar-refractivity contribution in [2.75, 3.05) is 32.8 Å². The lowest BCUT2D eigenvalue weighted by Gasteiger charge is -2.31. The van der Waals surface area contributed by atoms with Gasteiger partial charge in [0.1, 0.15) is 97.2 Å². The lowest BCUT2D eigenvalue weighted by Crippen LogP contribution is -2.63. The molecule has 0 unspecified atom stereocenters. The zero-order valence-corrected chi connectivity index (χ0v) is 79.2. The Labute approximate surface area is 796 Å². The zero-order valence-electron chi connectivity index (χ0n) is 79.2. The Bertz CT molecular complexity index is 4300. The molecule has 52 heteroatoms. The van der Waals surface area contributed by atoms with E-state index in [4.69, 9.17) is 22.3 Å². The van der Waals surface area contributed by atoms with Gasteiger partial charge < -0.3 is 154 Å². The van der Waals surface area contributed by atoms with E-state index in [1.807, 2.05) is 5.32 Å². The van der Waals surface area contributed by atoms with Crippen molar-refractivity contribution >= 4 is 136 Å². The van der Waals surface area contributed by atoms with Crippen LogP contribution in [0.1, 0.15) is 197 Å². The summed E-state index contributed by atoms with van der Waals surface area (Å²) in [5.41, 5.74) is 17.9. The quantitative estimate of drug-likeness (QED) is 0.0269. The molecular formula is C86H140N20O32. The number of carbonyl (C=O) groups excluding carboxylic acids is 17. The number of amides is 17. The van der Waals surface area contributed by atoms with Gasteiger partial charge in [0.15, 0.2) is 0 Å². The molecule has 0 heterocycles. The average Bonchev–Trinajstić information content (AvgIpc) is 0.844. The number of aliphatic carboxylic acids is 6. The fourth-order valence-corrected chi connectivity index (χ4v) is 13.2. The molecular weight excluding hydrogens is 1830 g/mol. The molecule has 0 aliphatic heterocycles. The van der Waals surface area contributed by atoms with Crippen molar-refractivity contribution < 1.29 is 156 Å². The van der Waals surface area contributed by atoms with Crippen molar-refractivity contribution in [1.82, 2.24) is 90.4 Å². The highest BCUT2D eigenvalue weighted by molar-refractivity contribution is 6.02. The minimum Gasteiger partial charge on any atom is -0.481 e. The summed E-state index contributed by atoms with van der Waals surface area (Å²) in [6, 6.07) is -20.0. The average molecular weight is 1970 g/mol. The summed E-state index contributed by atoms with van der Waals surface area (Å²) in [4.78, 5) is 308. The number of hydrogen-bond acceptors (Lipinski definition) is 29. The van der Waals surface area contributed by atoms with E-state index in [1.54, 1.807) is 52.8 Å². The topological polar surface area (TPSA) is 857 Å². The first-order valence-corrected chi connectivity index (χ1v) is 45.3. The van der Waals surface area contributed by atoms with Gasteiger partial charge in [-0.1, -0.05) is 111 Å². The SMILES string of the molecule is CC[C@H](C)[C@H](N)C(=O)N[C@H](C(=O)N[C@H](C(=O)N[C@@H](CC(=O)O)C(=O)N[C@@H](CCC(=O)O)C(=O)NCC(=O)N[C@@H](CCCCN)C(=O)N[C@@H](CO)C(=O)N[C@@H](C)C(=O)N[C@@H](CCCCN)C(=O)N[C@H](C(=O)N[C@H](C(=O)N[C@@H](CC(=O)O)C(=O)N[C@H](C(=O)N[C@@H](CCC(=O)O)C(=O)N[C@@H](Cc1ccccc1)C(=O)N[C@@H](CCC(=O)O)C(=O)NCC(=O)O)[C@@H](C)CC)[C@@H](C)O)[C@@H](C)CC)[C@@H](C)CC)[C@@H](C)O. The van der Waals surface area contributed by atoms with Crippen LogP contribution in [0.3, 0.4) is 0 Å². The second-order valence-corrected chi connectivity index (χ2v) is 33.6. The minimum absolute atomic E-state index is 0.0492. The van der Waals surface area contributed by atoms with Crippen molar-refractivity contribution in [3.63, 3.8) is 0 Å². The number of carbonyl (C=O) groups is 23. The molecule has 22 atom stereocenters. The molecule has 1 rings (SSSR count). The normalized spacial score (nSPS) is 15.9. The Hall–Kier alpha value is -13.2. The number of rotatable bonds is 69. The van der Waals surface area contributed by atoms with Gasteiger partial charge in [-0.05, 0) is 121 Å². The molecule has 17 amide bonds. The highest BCUT2D eigenvalue weighted by Gasteiger charge is 2.42. The summed E-state index contributed by atoms with van der Waals surface area (Å²) in [7, 11) is 0. The first kappa shape index (κ1) is 123. The van der Waals surface area contributed by atoms with E-state index < -0.39 is 334 Å². The molecule has 0 spiro atoms. The van der Waals surface area contributed by atoms with Crippen molar-refractivity contribution in [3.8, 4) is 0 Å². The van der Waals surface area contributed by atoms with E-state index in [9.17, 15) is 151 Å². The van der Waals surface area contributed by atoms with Crippen LogP contribution >= 0.6 is 0 Å². The number of aliphatic hydroxyl groups is 3. The third-order valence-corrected chi connectivity index (χ3v) is 22.4. The standard InChI is InChI=1S/C86H140N20O32/c1-12-41(5)65(89)81(133)105-70(47(11)109)86(138)104-67(43(7)14-3)83(135)99-55(36-62(117)118)78(130)96-51(27-30-59(111)112)72(124)90-38-58(110)93-49(25-19-21-33-87)74(126)101-57(40-107)80(132)92-45(9)71(123)94-50(26-20-22-34-88)76(128)102-68(44(8)15-4)84(136)106-69(46(10)108)85(137)100-56(37-63(119)120)79(131)103-66(42(6)13-2)82(134)97-53(29-32-61(115)116)75(127)98-54(35-48-23-17-16-18-24-48)77(129)95-52(28-31-60(113)114)73(125)91-39-64(121)122/h16-18,23-24,41-47,49-57,65-70,107-109H,12-15,19-22,25-40,87-89H2,1-11H3,(H,90,124)(H,91,125)(H,92,132)(H,93,110)(H,94,123)(H,95,129)(H,96,130)(H,97,134)(H,98,127)(H,99,135)(H,100,137)(H,101,126)(H,102,128)(H,103,131)(H,104,138)(H,105,133)(H,106,136)(H,111,112)(H,113,114)(H,115,116)(H,117,118)(H,119,120)(H,121,122)/t41-,42-,43-,44-,45-,46+,47+,49-,50-,51-,52-,53-,54-,55-,56-,57-,65-,66-,67-,68-,69-,70-/m0/s1. The van der Waals surface area contributed by atoms with Gasteiger partial charge >= 0.3 is 35.8 Å². The van der Waals surface area contributed by atoms with Crippen molar-refractivity contribution in [2.45, 2.75) is 307 Å². The largest absolute Gasteiger partial charge is 0.481 e. The molecule has 0 saturated heterocycles. The number of nitrogens with one attached hydrogen (secondary N) is 17. The molecule has 32 N–H and O–H groups in total. The summed E-state index contributed by atoms with van der Waals surface area (Å²) in [6.07, 6.45) is -9.30. The van der Waals surface area contributed by atoms with Crippen LogP contribution in [-0.4, -0.2) is 324 Å². The Morgan fingerprint density at radius 1 is 0.297 bits per heavy atom. The van der Waals surface area contributed by atoms with Gasteiger partial charge in [-0.2, -0.15) is 0 Å². The van der Waals surface area contributed by atoms with Gasteiger partial charge in [-0.3, -0.25) is 110 Å². The molecule has 0 radical (unpaired) electrons. The van der Waals surface area contributed by atoms with Crippen molar-refractivity contribution in [3.05, 3.63) is 35.9 Å². The van der Waals surface area contributed by atoms with Crippen molar-refractivity contribution in [2.24, 2.45) is 40.9 Å². The molecule has 1 aromatic rings. The smallest absolute Gasteiger partial charge is 0.322 e. The summed E-state index contributed by atoms with van der Waals surface area (Å²) in [6.45, 7) is 13.0. The first-order valence-electron chi connectivity index (χ1n) is 45.3. The Kier molecular flexibility index (Phi) is 56.9. The molecule has 0 aliphatic carbocycles. The molecule has 0 saturated carbocycles. The fourth-order valence-electron chi connectivity index (χ4n) is 13.2. The number of hydrogen-bond donors (Lipinski definition) is 29.